The first-order chi connectivity index (χ1) is 10.2. The lowest BCUT2D eigenvalue weighted by Crippen LogP contribution is -2.48. The van der Waals surface area contributed by atoms with E-state index in [1.807, 2.05) is 12.1 Å². The van der Waals surface area contributed by atoms with Crippen LogP contribution in [0.5, 0.6) is 0 Å². The molecular formula is C18H27ClN2. The van der Waals surface area contributed by atoms with Crippen LogP contribution in [0.2, 0.25) is 5.02 Å². The van der Waals surface area contributed by atoms with Crippen LogP contribution in [0, 0.1) is 0 Å². The van der Waals surface area contributed by atoms with Crippen molar-refractivity contribution >= 4 is 11.6 Å². The van der Waals surface area contributed by atoms with Gasteiger partial charge in [-0.2, -0.15) is 0 Å². The fraction of sp³-hybridized carbons (Fsp3) is 0.667. The molecule has 2 nitrogen and oxygen atoms in total. The van der Waals surface area contributed by atoms with Gasteiger partial charge in [0.25, 0.3) is 0 Å². The average molecular weight is 307 g/mol. The summed E-state index contributed by atoms with van der Waals surface area (Å²) in [6, 6.07) is 10.5. The highest BCUT2D eigenvalue weighted by Crippen LogP contribution is 2.30. The molecule has 116 valence electrons. The molecule has 2 fully saturated rings. The van der Waals surface area contributed by atoms with Gasteiger partial charge in [0.1, 0.15) is 0 Å². The Labute approximate surface area is 133 Å². The SMILES string of the molecule is CC(Cc1ccc(Cl)cc1)N(CC1CCCCN1)C1CC1. The summed E-state index contributed by atoms with van der Waals surface area (Å²) in [4.78, 5) is 2.75. The van der Waals surface area contributed by atoms with Gasteiger partial charge in [0.05, 0.1) is 0 Å². The topological polar surface area (TPSA) is 15.3 Å². The first-order valence-electron chi connectivity index (χ1n) is 8.46. The van der Waals surface area contributed by atoms with Crippen molar-refractivity contribution in [3.8, 4) is 0 Å². The third-order valence-corrected chi connectivity index (χ3v) is 5.12. The normalized spacial score (nSPS) is 24.2. The number of nitrogens with zero attached hydrogens (tertiary/aromatic N) is 1. The lowest BCUT2D eigenvalue weighted by molar-refractivity contribution is 0.165. The highest BCUT2D eigenvalue weighted by atomic mass is 35.5. The van der Waals surface area contributed by atoms with E-state index in [1.54, 1.807) is 0 Å². The van der Waals surface area contributed by atoms with Crippen molar-refractivity contribution in [1.29, 1.82) is 0 Å². The molecule has 1 aliphatic carbocycles. The summed E-state index contributed by atoms with van der Waals surface area (Å²) in [6.45, 7) is 4.81. The van der Waals surface area contributed by atoms with Crippen LogP contribution in [0.1, 0.15) is 44.6 Å². The summed E-state index contributed by atoms with van der Waals surface area (Å²) in [5.41, 5.74) is 1.40. The molecule has 1 N–H and O–H groups in total. The number of halogens is 1. The maximum Gasteiger partial charge on any atom is 0.0406 e. The molecule has 0 spiro atoms. The molecule has 0 aromatic heterocycles. The maximum absolute atomic E-state index is 5.98. The van der Waals surface area contributed by atoms with Crippen molar-refractivity contribution in [2.24, 2.45) is 0 Å². The van der Waals surface area contributed by atoms with Crippen LogP contribution in [-0.2, 0) is 6.42 Å². The largest absolute Gasteiger partial charge is 0.313 e. The second-order valence-electron chi connectivity index (χ2n) is 6.75. The summed E-state index contributed by atoms with van der Waals surface area (Å²) >= 11 is 5.98. The van der Waals surface area contributed by atoms with E-state index in [9.17, 15) is 0 Å². The second-order valence-corrected chi connectivity index (χ2v) is 7.19. The Kier molecular flexibility index (Phi) is 5.20. The minimum atomic E-state index is 0.613. The number of hydrogen-bond acceptors (Lipinski definition) is 2. The molecule has 1 heterocycles. The van der Waals surface area contributed by atoms with Crippen LogP contribution in [-0.4, -0.2) is 36.1 Å². The fourth-order valence-electron chi connectivity index (χ4n) is 3.51. The molecule has 0 amide bonds. The first-order valence-corrected chi connectivity index (χ1v) is 8.84. The number of rotatable bonds is 6. The number of benzene rings is 1. The molecule has 2 aliphatic rings. The van der Waals surface area contributed by atoms with Gasteiger partial charge in [-0.25, -0.2) is 0 Å². The van der Waals surface area contributed by atoms with Gasteiger partial charge >= 0.3 is 0 Å². The molecule has 3 rings (SSSR count). The van der Waals surface area contributed by atoms with Crippen molar-refractivity contribution in [2.75, 3.05) is 13.1 Å². The highest BCUT2D eigenvalue weighted by Gasteiger charge is 2.33. The van der Waals surface area contributed by atoms with Gasteiger partial charge in [0.15, 0.2) is 0 Å². The van der Waals surface area contributed by atoms with E-state index in [2.05, 4.69) is 29.3 Å². The Morgan fingerprint density at radius 2 is 1.95 bits per heavy atom. The van der Waals surface area contributed by atoms with E-state index in [-0.39, 0.29) is 0 Å². The summed E-state index contributed by atoms with van der Waals surface area (Å²) in [5, 5.41) is 4.53. The molecule has 2 atom stereocenters. The zero-order valence-electron chi connectivity index (χ0n) is 13.0. The standard InChI is InChI=1S/C18H27ClN2/c1-14(12-15-5-7-16(19)8-6-15)21(18-9-10-18)13-17-4-2-3-11-20-17/h5-8,14,17-18,20H,2-4,9-13H2,1H3. The maximum atomic E-state index is 5.98. The molecule has 0 bridgehead atoms. The molecule has 2 unspecified atom stereocenters. The van der Waals surface area contributed by atoms with Gasteiger partial charge in [0.2, 0.25) is 0 Å². The third kappa shape index (κ3) is 4.45. The van der Waals surface area contributed by atoms with Crippen LogP contribution in [0.15, 0.2) is 24.3 Å². The fourth-order valence-corrected chi connectivity index (χ4v) is 3.63. The average Bonchev–Trinajstić information content (AvgIpc) is 3.33. The number of nitrogens with one attached hydrogen (secondary N) is 1. The van der Waals surface area contributed by atoms with Gasteiger partial charge in [0, 0.05) is 29.7 Å². The molecule has 1 saturated heterocycles. The summed E-state index contributed by atoms with van der Waals surface area (Å²) in [5.74, 6) is 0. The predicted molar refractivity (Wildman–Crippen MR) is 90.0 cm³/mol. The molecule has 21 heavy (non-hydrogen) atoms. The smallest absolute Gasteiger partial charge is 0.0406 e. The highest BCUT2D eigenvalue weighted by molar-refractivity contribution is 6.30. The van der Waals surface area contributed by atoms with Crippen LogP contribution in [0.3, 0.4) is 0 Å². The van der Waals surface area contributed by atoms with E-state index in [1.165, 1.54) is 50.8 Å². The lowest BCUT2D eigenvalue weighted by atomic mass is 10.0. The summed E-state index contributed by atoms with van der Waals surface area (Å²) in [6.07, 6.45) is 7.98. The van der Waals surface area contributed by atoms with E-state index in [0.29, 0.717) is 12.1 Å². The van der Waals surface area contributed by atoms with Crippen molar-refractivity contribution in [3.05, 3.63) is 34.9 Å². The van der Waals surface area contributed by atoms with E-state index < -0.39 is 0 Å². The Balaban J connectivity index is 1.58. The third-order valence-electron chi connectivity index (χ3n) is 4.87. The Morgan fingerprint density at radius 3 is 2.57 bits per heavy atom. The van der Waals surface area contributed by atoms with Gasteiger partial charge in [-0.05, 0) is 63.3 Å². The van der Waals surface area contributed by atoms with Crippen LogP contribution in [0.4, 0.5) is 0 Å². The molecule has 0 radical (unpaired) electrons. The monoisotopic (exact) mass is 306 g/mol. The lowest BCUT2D eigenvalue weighted by Gasteiger charge is -2.35. The molecule has 1 aromatic carbocycles. The minimum Gasteiger partial charge on any atom is -0.313 e. The number of hydrogen-bond donors (Lipinski definition) is 1. The minimum absolute atomic E-state index is 0.613. The van der Waals surface area contributed by atoms with Crippen LogP contribution >= 0.6 is 11.6 Å². The predicted octanol–water partition coefficient (Wildman–Crippen LogP) is 3.88. The molecule has 3 heteroatoms. The van der Waals surface area contributed by atoms with Gasteiger partial charge in [-0.1, -0.05) is 30.2 Å². The molecule has 1 saturated carbocycles. The molecule has 1 aromatic rings. The Morgan fingerprint density at radius 1 is 1.19 bits per heavy atom. The summed E-state index contributed by atoms with van der Waals surface area (Å²) < 4.78 is 0. The first kappa shape index (κ1) is 15.3. The van der Waals surface area contributed by atoms with Crippen LogP contribution in [0.25, 0.3) is 0 Å². The Hall–Kier alpha value is -0.570. The zero-order chi connectivity index (χ0) is 14.7. The van der Waals surface area contributed by atoms with Gasteiger partial charge < -0.3 is 5.32 Å². The summed E-state index contributed by atoms with van der Waals surface area (Å²) in [7, 11) is 0. The quantitative estimate of drug-likeness (QED) is 0.858. The van der Waals surface area contributed by atoms with Crippen molar-refractivity contribution in [3.63, 3.8) is 0 Å². The second kappa shape index (κ2) is 7.13. The Bertz CT molecular complexity index is 435. The van der Waals surface area contributed by atoms with E-state index in [4.69, 9.17) is 11.6 Å². The number of piperidine rings is 1. The van der Waals surface area contributed by atoms with Gasteiger partial charge in [-0.15, -0.1) is 0 Å². The van der Waals surface area contributed by atoms with E-state index in [0.717, 1.165) is 17.5 Å². The molecule has 1 aliphatic heterocycles. The zero-order valence-corrected chi connectivity index (χ0v) is 13.8. The van der Waals surface area contributed by atoms with Crippen LogP contribution < -0.4 is 5.32 Å². The van der Waals surface area contributed by atoms with Crippen molar-refractivity contribution in [2.45, 2.75) is 63.6 Å². The molecular weight excluding hydrogens is 280 g/mol. The van der Waals surface area contributed by atoms with E-state index >= 15 is 0 Å². The van der Waals surface area contributed by atoms with Crippen molar-refractivity contribution in [1.82, 2.24) is 10.2 Å². The van der Waals surface area contributed by atoms with Gasteiger partial charge in [-0.3, -0.25) is 4.90 Å². The van der Waals surface area contributed by atoms with Crippen molar-refractivity contribution < 1.29 is 0 Å².